The summed E-state index contributed by atoms with van der Waals surface area (Å²) in [6, 6.07) is 21.3. The zero-order valence-corrected chi connectivity index (χ0v) is 27.3. The van der Waals surface area contributed by atoms with Crippen molar-refractivity contribution in [2.45, 2.75) is 49.2 Å². The molecule has 0 bridgehead atoms. The topological polar surface area (TPSA) is 115 Å². The van der Waals surface area contributed by atoms with E-state index in [2.05, 4.69) is 41.4 Å². The molecule has 1 amide bonds. The second kappa shape index (κ2) is 13.8. The van der Waals surface area contributed by atoms with Gasteiger partial charge in [0.05, 0.1) is 25.3 Å². The van der Waals surface area contributed by atoms with E-state index in [1.54, 1.807) is 30.3 Å². The number of ketones is 1. The maximum Gasteiger partial charge on any atom is 0.296 e. The molecule has 9 nitrogen and oxygen atoms in total. The number of ether oxygens (including phenoxy) is 2. The van der Waals surface area contributed by atoms with Gasteiger partial charge in [0.25, 0.3) is 5.91 Å². The van der Waals surface area contributed by atoms with Crippen LogP contribution in [0.1, 0.15) is 59.5 Å². The molecule has 1 aliphatic rings. The van der Waals surface area contributed by atoms with Gasteiger partial charge in [-0.15, -0.1) is 10.2 Å². The lowest BCUT2D eigenvalue weighted by atomic mass is 9.95. The lowest BCUT2D eigenvalue weighted by molar-refractivity contribution is -0.117. The first-order chi connectivity index (χ1) is 22.4. The van der Waals surface area contributed by atoms with Crippen LogP contribution in [0.25, 0.3) is 11.0 Å². The number of aromatic nitrogens is 2. The van der Waals surface area contributed by atoms with Crippen molar-refractivity contribution in [2.24, 2.45) is 0 Å². The number of aliphatic hydroxyl groups is 1. The van der Waals surface area contributed by atoms with Gasteiger partial charge in [0.15, 0.2) is 27.4 Å². The van der Waals surface area contributed by atoms with E-state index in [-0.39, 0.29) is 16.5 Å². The van der Waals surface area contributed by atoms with E-state index in [9.17, 15) is 14.7 Å². The number of anilines is 1. The lowest BCUT2D eigenvalue weighted by Crippen LogP contribution is -2.31. The van der Waals surface area contributed by atoms with Crippen molar-refractivity contribution in [3.05, 3.63) is 107 Å². The monoisotopic (exact) mass is 655 g/mol. The molecule has 236 valence electrons. The second-order valence-electron chi connectivity index (χ2n) is 10.9. The number of carbonyl (C=O) groups excluding carboxylic acids is 2. The molecule has 3 heterocycles. The van der Waals surface area contributed by atoms with E-state index in [1.165, 1.54) is 40.7 Å². The number of Topliss-reactive ketones (excluding diaryl/α,β-unsaturated/α-hetero) is 1. The molecule has 1 atom stereocenters. The number of hydrogen-bond donors (Lipinski definition) is 1. The highest BCUT2D eigenvalue weighted by Crippen LogP contribution is 2.46. The number of hydrogen-bond acceptors (Lipinski definition) is 10. The minimum absolute atomic E-state index is 0.0110. The normalized spacial score (nSPS) is 14.8. The Hall–Kier alpha value is -4.61. The molecule has 1 N–H and O–H groups in total. The fraction of sp³-hybridized carbons (Fsp3) is 0.257. The smallest absolute Gasteiger partial charge is 0.296 e. The molecule has 0 radical (unpaired) electrons. The van der Waals surface area contributed by atoms with Crippen LogP contribution in [0.15, 0.2) is 92.9 Å². The summed E-state index contributed by atoms with van der Waals surface area (Å²) in [5.41, 5.74) is 3.24. The first kappa shape index (κ1) is 31.4. The maximum atomic E-state index is 14.1. The number of aryl methyl sites for hydroxylation is 1. The van der Waals surface area contributed by atoms with E-state index in [0.717, 1.165) is 30.2 Å². The fourth-order valence-corrected chi connectivity index (χ4v) is 7.10. The average molecular weight is 656 g/mol. The summed E-state index contributed by atoms with van der Waals surface area (Å²) < 4.78 is 18.2. The van der Waals surface area contributed by atoms with Crippen LogP contribution >= 0.6 is 23.1 Å². The number of furan rings is 1. The molecular weight excluding hydrogens is 623 g/mol. The SMILES string of the molecule is CCCCCOc1ccc(C2C(C(=O)c3cc4ccccc4o3)=C(O)C(=O)N2c2nnc(SCc3ccc(C)cc3)s2)cc1OC. The molecule has 1 aliphatic heterocycles. The Morgan fingerprint density at radius 1 is 1.04 bits per heavy atom. The van der Waals surface area contributed by atoms with Crippen LogP contribution in [0, 0.1) is 6.92 Å². The van der Waals surface area contributed by atoms with Crippen LogP contribution < -0.4 is 14.4 Å². The molecule has 11 heteroatoms. The minimum atomic E-state index is -1.03. The van der Waals surface area contributed by atoms with Gasteiger partial charge in [-0.2, -0.15) is 0 Å². The Morgan fingerprint density at radius 2 is 1.85 bits per heavy atom. The average Bonchev–Trinajstić information content (AvgIpc) is 3.79. The molecule has 3 aromatic carbocycles. The van der Waals surface area contributed by atoms with Gasteiger partial charge in [-0.1, -0.05) is 97.0 Å². The molecule has 46 heavy (non-hydrogen) atoms. The predicted molar refractivity (Wildman–Crippen MR) is 179 cm³/mol. The van der Waals surface area contributed by atoms with Crippen molar-refractivity contribution in [3.63, 3.8) is 0 Å². The Balaban J connectivity index is 1.36. The van der Waals surface area contributed by atoms with Gasteiger partial charge in [0.2, 0.25) is 10.9 Å². The number of para-hydroxylation sites is 1. The third-order valence-electron chi connectivity index (χ3n) is 7.70. The summed E-state index contributed by atoms with van der Waals surface area (Å²) in [5, 5.41) is 20.9. The standard InChI is InChI=1S/C35H33N3O6S2/c1-4-5-8-17-43-26-16-15-24(19-27(26)42-3)30-29(31(39)28-18-23-9-6-7-10-25(23)44-28)32(40)33(41)38(30)34-36-37-35(46-34)45-20-22-13-11-21(2)12-14-22/h6-7,9-16,18-19,30,40H,4-5,8,17,20H2,1-3H3. The number of aliphatic hydroxyl groups excluding tert-OH is 1. The summed E-state index contributed by atoms with van der Waals surface area (Å²) >= 11 is 2.71. The van der Waals surface area contributed by atoms with E-state index >= 15 is 0 Å². The van der Waals surface area contributed by atoms with Crippen molar-refractivity contribution in [2.75, 3.05) is 18.6 Å². The van der Waals surface area contributed by atoms with Crippen molar-refractivity contribution < 1.29 is 28.6 Å². The van der Waals surface area contributed by atoms with Gasteiger partial charge >= 0.3 is 0 Å². The first-order valence-electron chi connectivity index (χ1n) is 15.0. The highest BCUT2D eigenvalue weighted by atomic mass is 32.2. The number of nitrogens with zero attached hydrogens (tertiary/aromatic N) is 3. The Bertz CT molecular complexity index is 1880. The van der Waals surface area contributed by atoms with Crippen molar-refractivity contribution >= 4 is 50.9 Å². The van der Waals surface area contributed by atoms with Gasteiger partial charge in [-0.05, 0) is 48.7 Å². The molecule has 0 saturated carbocycles. The number of fused-ring (bicyclic) bond motifs is 1. The largest absolute Gasteiger partial charge is 0.503 e. The maximum absolute atomic E-state index is 14.1. The number of rotatable bonds is 13. The molecule has 0 aliphatic carbocycles. The number of carbonyl (C=O) groups is 2. The van der Waals surface area contributed by atoms with E-state index in [0.29, 0.717) is 39.3 Å². The van der Waals surface area contributed by atoms with Crippen molar-refractivity contribution in [1.82, 2.24) is 10.2 Å². The molecular formula is C35H33N3O6S2. The van der Waals surface area contributed by atoms with E-state index < -0.39 is 23.5 Å². The van der Waals surface area contributed by atoms with E-state index in [1.807, 2.05) is 25.1 Å². The number of amides is 1. The van der Waals surface area contributed by atoms with Crippen LogP contribution in [0.3, 0.4) is 0 Å². The molecule has 6 rings (SSSR count). The lowest BCUT2D eigenvalue weighted by Gasteiger charge is -2.24. The van der Waals surface area contributed by atoms with Crippen molar-refractivity contribution in [1.29, 1.82) is 0 Å². The van der Waals surface area contributed by atoms with Crippen molar-refractivity contribution in [3.8, 4) is 11.5 Å². The van der Waals surface area contributed by atoms with Crippen LogP contribution in [-0.2, 0) is 10.5 Å². The Morgan fingerprint density at radius 3 is 2.61 bits per heavy atom. The molecule has 1 unspecified atom stereocenters. The van der Waals surface area contributed by atoms with Crippen LogP contribution in [0.2, 0.25) is 0 Å². The van der Waals surface area contributed by atoms with Gasteiger partial charge in [-0.3, -0.25) is 14.5 Å². The highest BCUT2D eigenvalue weighted by molar-refractivity contribution is 8.00. The zero-order chi connectivity index (χ0) is 32.2. The summed E-state index contributed by atoms with van der Waals surface area (Å²) in [5.74, 6) is -0.364. The fourth-order valence-electron chi connectivity index (χ4n) is 5.27. The number of unbranched alkanes of at least 4 members (excludes halogenated alkanes) is 2. The number of methoxy groups -OCH3 is 1. The van der Waals surface area contributed by atoms with Crippen LogP contribution in [0.4, 0.5) is 5.13 Å². The van der Waals surface area contributed by atoms with Gasteiger partial charge in [0.1, 0.15) is 5.58 Å². The predicted octanol–water partition coefficient (Wildman–Crippen LogP) is 8.25. The molecule has 0 saturated heterocycles. The summed E-state index contributed by atoms with van der Waals surface area (Å²) in [4.78, 5) is 29.1. The Kier molecular flexibility index (Phi) is 9.41. The summed E-state index contributed by atoms with van der Waals surface area (Å²) in [6.07, 6.45) is 3.02. The first-order valence-corrected chi connectivity index (χ1v) is 16.8. The Labute approximate surface area is 274 Å². The zero-order valence-electron chi connectivity index (χ0n) is 25.7. The van der Waals surface area contributed by atoms with Gasteiger partial charge in [-0.25, -0.2) is 0 Å². The van der Waals surface area contributed by atoms with Crippen LogP contribution in [0.5, 0.6) is 11.5 Å². The highest BCUT2D eigenvalue weighted by Gasteiger charge is 2.47. The molecule has 2 aromatic heterocycles. The molecule has 5 aromatic rings. The second-order valence-corrected chi connectivity index (χ2v) is 13.1. The summed E-state index contributed by atoms with van der Waals surface area (Å²) in [7, 11) is 1.53. The third kappa shape index (κ3) is 6.38. The van der Waals surface area contributed by atoms with E-state index in [4.69, 9.17) is 13.9 Å². The minimum Gasteiger partial charge on any atom is -0.503 e. The molecule has 0 spiro atoms. The van der Waals surface area contributed by atoms with Gasteiger partial charge < -0.3 is 19.0 Å². The van der Waals surface area contributed by atoms with Gasteiger partial charge in [0, 0.05) is 11.1 Å². The quantitative estimate of drug-likeness (QED) is 0.0579. The van der Waals surface area contributed by atoms with Crippen LogP contribution in [-0.4, -0.2) is 40.7 Å². The third-order valence-corrected chi connectivity index (χ3v) is 9.82. The number of thioether (sulfide) groups is 1. The summed E-state index contributed by atoms with van der Waals surface area (Å²) in [6.45, 7) is 4.70. The number of benzene rings is 3. The molecule has 0 fully saturated rings.